The molecule has 23 heavy (non-hydrogen) atoms. The van der Waals surface area contributed by atoms with Crippen LogP contribution < -0.4 is 9.64 Å². The molecule has 0 amide bonds. The molecule has 9 heteroatoms. The number of aromatic carboxylic acids is 1. The molecule has 1 aromatic heterocycles. The van der Waals surface area contributed by atoms with Gasteiger partial charge in [0.2, 0.25) is 0 Å². The summed E-state index contributed by atoms with van der Waals surface area (Å²) in [6, 6.07) is 1.52. The summed E-state index contributed by atoms with van der Waals surface area (Å²) in [5.41, 5.74) is -0.0511. The fourth-order valence-corrected chi connectivity index (χ4v) is 2.20. The van der Waals surface area contributed by atoms with E-state index in [1.165, 1.54) is 12.5 Å². The molecule has 120 valence electrons. The molecule has 6 nitrogen and oxygen atoms in total. The van der Waals surface area contributed by atoms with Crippen molar-refractivity contribution in [1.82, 2.24) is 9.97 Å². The molecule has 0 bridgehead atoms. The fourth-order valence-electron chi connectivity index (χ4n) is 2.20. The number of rotatable bonds is 4. The van der Waals surface area contributed by atoms with E-state index in [4.69, 9.17) is 9.84 Å². The lowest BCUT2D eigenvalue weighted by atomic mass is 10.1. The average Bonchev–Trinajstić information content (AvgIpc) is 2.48. The molecule has 1 aliphatic heterocycles. The number of nitrogens with zero attached hydrogens (tertiary/aromatic N) is 3. The largest absolute Gasteiger partial charge is 0.487 e. The van der Waals surface area contributed by atoms with Gasteiger partial charge in [0, 0.05) is 18.3 Å². The normalized spacial score (nSPS) is 14.5. The first-order chi connectivity index (χ1) is 11.0. The van der Waals surface area contributed by atoms with Crippen LogP contribution in [0.4, 0.5) is 19.0 Å². The zero-order chi connectivity index (χ0) is 16.6. The van der Waals surface area contributed by atoms with Gasteiger partial charge in [-0.15, -0.1) is 0 Å². The van der Waals surface area contributed by atoms with Gasteiger partial charge < -0.3 is 14.7 Å². The van der Waals surface area contributed by atoms with Gasteiger partial charge in [0.15, 0.2) is 17.5 Å². The SMILES string of the molecule is O=C(O)c1cncnc1N1CC(Oc2cc(F)c(F)c(F)c2)C1. The summed E-state index contributed by atoms with van der Waals surface area (Å²) >= 11 is 0. The lowest BCUT2D eigenvalue weighted by molar-refractivity contribution is 0.0695. The third kappa shape index (κ3) is 2.89. The minimum Gasteiger partial charge on any atom is -0.487 e. The van der Waals surface area contributed by atoms with Gasteiger partial charge in [-0.1, -0.05) is 0 Å². The highest BCUT2D eigenvalue weighted by Gasteiger charge is 2.32. The maximum atomic E-state index is 13.1. The first-order valence-corrected chi connectivity index (χ1v) is 6.55. The van der Waals surface area contributed by atoms with Crippen LogP contribution in [0.3, 0.4) is 0 Å². The van der Waals surface area contributed by atoms with Crippen molar-refractivity contribution in [3.05, 3.63) is 47.7 Å². The van der Waals surface area contributed by atoms with Crippen molar-refractivity contribution in [1.29, 1.82) is 0 Å². The Morgan fingerprint density at radius 1 is 1.26 bits per heavy atom. The van der Waals surface area contributed by atoms with Crippen LogP contribution in [0, 0.1) is 17.5 Å². The van der Waals surface area contributed by atoms with Crippen molar-refractivity contribution in [2.24, 2.45) is 0 Å². The summed E-state index contributed by atoms with van der Waals surface area (Å²) in [6.45, 7) is 0.551. The van der Waals surface area contributed by atoms with E-state index in [2.05, 4.69) is 9.97 Å². The van der Waals surface area contributed by atoms with Crippen molar-refractivity contribution < 1.29 is 27.8 Å². The zero-order valence-electron chi connectivity index (χ0n) is 11.5. The molecule has 1 N–H and O–H groups in total. The predicted octanol–water partition coefficient (Wildman–Crippen LogP) is 1.86. The van der Waals surface area contributed by atoms with Crippen LogP contribution in [0.15, 0.2) is 24.7 Å². The van der Waals surface area contributed by atoms with Gasteiger partial charge in [-0.3, -0.25) is 0 Å². The lowest BCUT2D eigenvalue weighted by Gasteiger charge is -2.40. The highest BCUT2D eigenvalue weighted by molar-refractivity contribution is 5.93. The second kappa shape index (κ2) is 5.75. The summed E-state index contributed by atoms with van der Waals surface area (Å²) in [6.07, 6.45) is 1.99. The summed E-state index contributed by atoms with van der Waals surface area (Å²) in [7, 11) is 0. The Kier molecular flexibility index (Phi) is 3.77. The van der Waals surface area contributed by atoms with Gasteiger partial charge >= 0.3 is 5.97 Å². The van der Waals surface area contributed by atoms with E-state index < -0.39 is 29.5 Å². The highest BCUT2D eigenvalue weighted by Crippen LogP contribution is 2.26. The zero-order valence-corrected chi connectivity index (χ0v) is 11.5. The first-order valence-electron chi connectivity index (χ1n) is 6.55. The summed E-state index contributed by atoms with van der Waals surface area (Å²) in [5.74, 6) is -5.27. The molecule has 0 saturated carbocycles. The molecule has 1 saturated heterocycles. The molecule has 1 aromatic carbocycles. The van der Waals surface area contributed by atoms with Crippen LogP contribution in [0.25, 0.3) is 0 Å². The summed E-state index contributed by atoms with van der Waals surface area (Å²) in [4.78, 5) is 20.3. The molecule has 1 aliphatic rings. The van der Waals surface area contributed by atoms with Gasteiger partial charge in [0.25, 0.3) is 0 Å². The van der Waals surface area contributed by atoms with E-state index >= 15 is 0 Å². The van der Waals surface area contributed by atoms with Gasteiger partial charge in [-0.2, -0.15) is 0 Å². The molecule has 0 unspecified atom stereocenters. The maximum absolute atomic E-state index is 13.1. The summed E-state index contributed by atoms with van der Waals surface area (Å²) < 4.78 is 44.4. The smallest absolute Gasteiger partial charge is 0.341 e. The number of benzene rings is 1. The molecular formula is C14H10F3N3O3. The molecule has 2 heterocycles. The van der Waals surface area contributed by atoms with Gasteiger partial charge in [-0.25, -0.2) is 27.9 Å². The Morgan fingerprint density at radius 3 is 2.52 bits per heavy atom. The number of hydrogen-bond donors (Lipinski definition) is 1. The molecule has 0 atom stereocenters. The number of ether oxygens (including phenoxy) is 1. The predicted molar refractivity (Wildman–Crippen MR) is 71.9 cm³/mol. The quantitative estimate of drug-likeness (QED) is 0.865. The van der Waals surface area contributed by atoms with Crippen molar-refractivity contribution in [3.63, 3.8) is 0 Å². The van der Waals surface area contributed by atoms with Crippen molar-refractivity contribution >= 4 is 11.8 Å². The van der Waals surface area contributed by atoms with E-state index in [1.807, 2.05) is 0 Å². The number of hydrogen-bond acceptors (Lipinski definition) is 5. The molecule has 0 spiro atoms. The second-order valence-electron chi connectivity index (χ2n) is 4.91. The van der Waals surface area contributed by atoms with E-state index in [1.54, 1.807) is 4.90 Å². The summed E-state index contributed by atoms with van der Waals surface area (Å²) in [5, 5.41) is 9.07. The topological polar surface area (TPSA) is 75.5 Å². The van der Waals surface area contributed by atoms with Crippen LogP contribution in [0.2, 0.25) is 0 Å². The van der Waals surface area contributed by atoms with Crippen molar-refractivity contribution in [2.75, 3.05) is 18.0 Å². The highest BCUT2D eigenvalue weighted by atomic mass is 19.2. The fraction of sp³-hybridized carbons (Fsp3) is 0.214. The number of aromatic nitrogens is 2. The minimum atomic E-state index is -1.56. The number of anilines is 1. The van der Waals surface area contributed by atoms with E-state index in [0.717, 1.165) is 12.1 Å². The lowest BCUT2D eigenvalue weighted by Crippen LogP contribution is -2.54. The van der Waals surface area contributed by atoms with Gasteiger partial charge in [-0.05, 0) is 0 Å². The van der Waals surface area contributed by atoms with E-state index in [0.29, 0.717) is 0 Å². The monoisotopic (exact) mass is 325 g/mol. The van der Waals surface area contributed by atoms with E-state index in [9.17, 15) is 18.0 Å². The Labute approximate surface area is 128 Å². The molecule has 1 fully saturated rings. The molecule has 2 aromatic rings. The standard InChI is InChI=1S/C14H10F3N3O3/c15-10-1-7(2-11(16)12(10)17)23-8-4-20(5-8)13-9(14(21)22)3-18-6-19-13/h1-3,6,8H,4-5H2,(H,21,22). The minimum absolute atomic E-state index is 0.0511. The third-order valence-corrected chi connectivity index (χ3v) is 3.33. The second-order valence-corrected chi connectivity index (χ2v) is 4.91. The maximum Gasteiger partial charge on any atom is 0.341 e. The van der Waals surface area contributed by atoms with Crippen molar-refractivity contribution in [3.8, 4) is 5.75 Å². The molecule has 0 aliphatic carbocycles. The Bertz CT molecular complexity index is 743. The van der Waals surface area contributed by atoms with Gasteiger partial charge in [0.05, 0.1) is 13.1 Å². The number of carboxylic acids is 1. The molecular weight excluding hydrogens is 315 g/mol. The third-order valence-electron chi connectivity index (χ3n) is 3.33. The Hall–Kier alpha value is -2.84. The number of carboxylic acid groups (broad SMARTS) is 1. The van der Waals surface area contributed by atoms with E-state index in [-0.39, 0.29) is 30.2 Å². The Balaban J connectivity index is 1.67. The van der Waals surface area contributed by atoms with Crippen LogP contribution >= 0.6 is 0 Å². The Morgan fingerprint density at radius 2 is 1.91 bits per heavy atom. The number of halogens is 3. The first kappa shape index (κ1) is 15.1. The molecule has 0 radical (unpaired) electrons. The van der Waals surface area contributed by atoms with Crippen LogP contribution in [-0.4, -0.2) is 40.2 Å². The van der Waals surface area contributed by atoms with Crippen molar-refractivity contribution in [2.45, 2.75) is 6.10 Å². The van der Waals surface area contributed by atoms with Crippen LogP contribution in [-0.2, 0) is 0 Å². The number of carbonyl (C=O) groups is 1. The molecule has 3 rings (SSSR count). The van der Waals surface area contributed by atoms with Crippen LogP contribution in [0.1, 0.15) is 10.4 Å². The average molecular weight is 325 g/mol. The van der Waals surface area contributed by atoms with Crippen LogP contribution in [0.5, 0.6) is 5.75 Å². The van der Waals surface area contributed by atoms with Gasteiger partial charge in [0.1, 0.15) is 29.6 Å².